The first-order valence-corrected chi connectivity index (χ1v) is 9.72. The number of hydrogen-bond donors (Lipinski definition) is 2. The number of halogens is 1. The van der Waals surface area contributed by atoms with Crippen LogP contribution in [-0.4, -0.2) is 32.7 Å². The summed E-state index contributed by atoms with van der Waals surface area (Å²) in [4.78, 5) is 12.2. The van der Waals surface area contributed by atoms with E-state index in [9.17, 15) is 13.2 Å². The van der Waals surface area contributed by atoms with Crippen molar-refractivity contribution in [3.8, 4) is 0 Å². The summed E-state index contributed by atoms with van der Waals surface area (Å²) in [5, 5.41) is 2.86. The molecule has 6 nitrogen and oxygen atoms in total. The van der Waals surface area contributed by atoms with E-state index in [1.165, 1.54) is 4.31 Å². The maximum atomic E-state index is 12.2. The molecule has 1 aliphatic carbocycles. The Morgan fingerprint density at radius 1 is 1.29 bits per heavy atom. The van der Waals surface area contributed by atoms with Gasteiger partial charge >= 0.3 is 0 Å². The fraction of sp³-hybridized carbons (Fsp3) is 0.562. The SMILES string of the molecule is Cl.N[C@@H]1CCC[C@H]1CC(=O)Nc1cccc(N2CCCS2(=O)=O)c1. The molecule has 1 aromatic rings. The highest BCUT2D eigenvalue weighted by Gasteiger charge is 2.29. The number of nitrogens with one attached hydrogen (secondary N) is 1. The number of carbonyl (C=O) groups is 1. The van der Waals surface area contributed by atoms with E-state index >= 15 is 0 Å². The molecule has 1 amide bonds. The summed E-state index contributed by atoms with van der Waals surface area (Å²) in [7, 11) is -3.21. The van der Waals surface area contributed by atoms with E-state index in [4.69, 9.17) is 5.73 Å². The molecule has 1 heterocycles. The number of benzene rings is 1. The van der Waals surface area contributed by atoms with E-state index in [1.54, 1.807) is 24.3 Å². The van der Waals surface area contributed by atoms with Gasteiger partial charge in [0.25, 0.3) is 0 Å². The molecule has 24 heavy (non-hydrogen) atoms. The molecule has 0 aromatic heterocycles. The van der Waals surface area contributed by atoms with Crippen LogP contribution in [-0.2, 0) is 14.8 Å². The van der Waals surface area contributed by atoms with Gasteiger partial charge in [0.1, 0.15) is 0 Å². The van der Waals surface area contributed by atoms with E-state index in [-0.39, 0.29) is 36.0 Å². The third kappa shape index (κ3) is 4.20. The zero-order valence-corrected chi connectivity index (χ0v) is 15.1. The molecular weight excluding hydrogens is 350 g/mol. The van der Waals surface area contributed by atoms with Gasteiger partial charge in [-0.3, -0.25) is 9.10 Å². The minimum absolute atomic E-state index is 0. The molecule has 0 spiro atoms. The lowest BCUT2D eigenvalue weighted by atomic mass is 10.00. The van der Waals surface area contributed by atoms with Crippen LogP contribution in [0, 0.1) is 5.92 Å². The Morgan fingerprint density at radius 3 is 2.71 bits per heavy atom. The number of amides is 1. The Hall–Kier alpha value is -1.31. The van der Waals surface area contributed by atoms with Crippen LogP contribution in [0.1, 0.15) is 32.1 Å². The third-order valence-electron chi connectivity index (χ3n) is 4.68. The van der Waals surface area contributed by atoms with Gasteiger partial charge in [-0.2, -0.15) is 0 Å². The van der Waals surface area contributed by atoms with Crippen molar-refractivity contribution in [2.24, 2.45) is 11.7 Å². The summed E-state index contributed by atoms with van der Waals surface area (Å²) >= 11 is 0. The molecule has 3 N–H and O–H groups in total. The van der Waals surface area contributed by atoms with Crippen LogP contribution >= 0.6 is 12.4 Å². The van der Waals surface area contributed by atoms with Crippen molar-refractivity contribution in [2.45, 2.75) is 38.1 Å². The number of carbonyl (C=O) groups excluding carboxylic acids is 1. The maximum Gasteiger partial charge on any atom is 0.235 e. The second-order valence-corrected chi connectivity index (χ2v) is 8.41. The third-order valence-corrected chi connectivity index (χ3v) is 6.55. The fourth-order valence-corrected chi connectivity index (χ4v) is 4.99. The van der Waals surface area contributed by atoms with Gasteiger partial charge in [-0.25, -0.2) is 8.42 Å². The number of hydrogen-bond acceptors (Lipinski definition) is 4. The second-order valence-electron chi connectivity index (χ2n) is 6.40. The zero-order valence-electron chi connectivity index (χ0n) is 13.5. The molecule has 2 aliphatic rings. The first kappa shape index (κ1) is 19.0. The minimum atomic E-state index is -3.21. The molecular formula is C16H24ClN3O3S. The second kappa shape index (κ2) is 7.72. The lowest BCUT2D eigenvalue weighted by Crippen LogP contribution is -2.28. The van der Waals surface area contributed by atoms with Gasteiger partial charge in [0.2, 0.25) is 15.9 Å². The fourth-order valence-electron chi connectivity index (χ4n) is 3.44. The predicted molar refractivity (Wildman–Crippen MR) is 98.0 cm³/mol. The smallest absolute Gasteiger partial charge is 0.235 e. The summed E-state index contributed by atoms with van der Waals surface area (Å²) in [5.74, 6) is 0.370. The molecule has 3 rings (SSSR count). The molecule has 0 unspecified atom stereocenters. The van der Waals surface area contributed by atoms with Crippen LogP contribution in [0.5, 0.6) is 0 Å². The molecule has 0 bridgehead atoms. The van der Waals surface area contributed by atoms with E-state index in [1.807, 2.05) is 0 Å². The Labute approximate surface area is 149 Å². The Balaban J connectivity index is 0.00000208. The lowest BCUT2D eigenvalue weighted by Gasteiger charge is -2.18. The van der Waals surface area contributed by atoms with Crippen molar-refractivity contribution in [3.05, 3.63) is 24.3 Å². The van der Waals surface area contributed by atoms with E-state index in [0.29, 0.717) is 30.8 Å². The number of nitrogens with two attached hydrogens (primary N) is 1. The maximum absolute atomic E-state index is 12.2. The average molecular weight is 374 g/mol. The average Bonchev–Trinajstić information content (AvgIpc) is 3.04. The lowest BCUT2D eigenvalue weighted by molar-refractivity contribution is -0.117. The van der Waals surface area contributed by atoms with Crippen LogP contribution in [0.15, 0.2) is 24.3 Å². The van der Waals surface area contributed by atoms with Crippen LogP contribution in [0.25, 0.3) is 0 Å². The number of nitrogens with zero attached hydrogens (tertiary/aromatic N) is 1. The molecule has 8 heteroatoms. The number of anilines is 2. The van der Waals surface area contributed by atoms with Gasteiger partial charge in [0.05, 0.1) is 11.4 Å². The number of sulfonamides is 1. The molecule has 0 radical (unpaired) electrons. The first-order valence-electron chi connectivity index (χ1n) is 8.11. The van der Waals surface area contributed by atoms with Gasteiger partial charge < -0.3 is 11.1 Å². The molecule has 1 saturated heterocycles. The van der Waals surface area contributed by atoms with Crippen molar-refractivity contribution in [1.29, 1.82) is 0 Å². The molecule has 1 aliphatic heterocycles. The highest BCUT2D eigenvalue weighted by atomic mass is 35.5. The zero-order chi connectivity index (χ0) is 16.4. The minimum Gasteiger partial charge on any atom is -0.327 e. The van der Waals surface area contributed by atoms with E-state index < -0.39 is 10.0 Å². The molecule has 1 aromatic carbocycles. The predicted octanol–water partition coefficient (Wildman–Crippen LogP) is 2.10. The topological polar surface area (TPSA) is 92.5 Å². The summed E-state index contributed by atoms with van der Waals surface area (Å²) in [6.45, 7) is 0.497. The van der Waals surface area contributed by atoms with Gasteiger partial charge in [-0.15, -0.1) is 12.4 Å². The normalized spacial score (nSPS) is 25.3. The van der Waals surface area contributed by atoms with Crippen LogP contribution in [0.3, 0.4) is 0 Å². The van der Waals surface area contributed by atoms with Crippen molar-refractivity contribution in [2.75, 3.05) is 21.9 Å². The van der Waals surface area contributed by atoms with Crippen LogP contribution in [0.4, 0.5) is 11.4 Å². The standard InChI is InChI=1S/C16H23N3O3S.ClH/c17-15-7-1-4-12(15)10-16(20)18-13-5-2-6-14(11-13)19-8-3-9-23(19,21)22;/h2,5-6,11-12,15H,1,3-4,7-10,17H2,(H,18,20);1H/t12-,15+;/m0./s1. The molecule has 134 valence electrons. The Morgan fingerprint density at radius 2 is 2.08 bits per heavy atom. The highest BCUT2D eigenvalue weighted by Crippen LogP contribution is 2.28. The summed E-state index contributed by atoms with van der Waals surface area (Å²) in [6, 6.07) is 7.13. The Bertz CT molecular complexity index is 696. The quantitative estimate of drug-likeness (QED) is 0.845. The van der Waals surface area contributed by atoms with E-state index in [2.05, 4.69) is 5.32 Å². The monoisotopic (exact) mass is 373 g/mol. The van der Waals surface area contributed by atoms with Gasteiger partial charge in [-0.1, -0.05) is 12.5 Å². The summed E-state index contributed by atoms with van der Waals surface area (Å²) in [6.07, 6.45) is 4.13. The summed E-state index contributed by atoms with van der Waals surface area (Å²) < 4.78 is 25.4. The molecule has 2 fully saturated rings. The molecule has 2 atom stereocenters. The van der Waals surface area contributed by atoms with Gasteiger partial charge in [0, 0.05) is 24.7 Å². The van der Waals surface area contributed by atoms with Crippen molar-refractivity contribution < 1.29 is 13.2 Å². The van der Waals surface area contributed by atoms with Crippen molar-refractivity contribution in [1.82, 2.24) is 0 Å². The summed E-state index contributed by atoms with van der Waals surface area (Å²) in [5.41, 5.74) is 7.24. The van der Waals surface area contributed by atoms with Crippen molar-refractivity contribution in [3.63, 3.8) is 0 Å². The van der Waals surface area contributed by atoms with Crippen LogP contribution in [0.2, 0.25) is 0 Å². The van der Waals surface area contributed by atoms with Crippen LogP contribution < -0.4 is 15.4 Å². The van der Waals surface area contributed by atoms with Crippen molar-refractivity contribution >= 4 is 39.7 Å². The molecule has 1 saturated carbocycles. The largest absolute Gasteiger partial charge is 0.327 e. The first-order chi connectivity index (χ1) is 11.0. The van der Waals surface area contributed by atoms with Gasteiger partial charge in [-0.05, 0) is 43.4 Å². The Kier molecular flexibility index (Phi) is 6.11. The van der Waals surface area contributed by atoms with Gasteiger partial charge in [0.15, 0.2) is 0 Å². The number of rotatable bonds is 4. The highest BCUT2D eigenvalue weighted by molar-refractivity contribution is 7.93. The van der Waals surface area contributed by atoms with E-state index in [0.717, 1.165) is 19.3 Å².